The molecule has 1 amide bonds. The Labute approximate surface area is 181 Å². The number of benzene rings is 2. The van der Waals surface area contributed by atoms with Crippen molar-refractivity contribution in [2.75, 3.05) is 35.8 Å². The van der Waals surface area contributed by atoms with Crippen LogP contribution in [0.4, 0.5) is 11.6 Å². The Bertz CT molecular complexity index is 1180. The first kappa shape index (κ1) is 20.8. The van der Waals surface area contributed by atoms with Gasteiger partial charge in [0, 0.05) is 44.1 Å². The van der Waals surface area contributed by atoms with Crippen molar-refractivity contribution in [1.29, 1.82) is 0 Å². The van der Waals surface area contributed by atoms with Gasteiger partial charge in [-0.25, -0.2) is 18.4 Å². The largest absolute Gasteiger partial charge is 0.350 e. The molecule has 0 unspecified atom stereocenters. The number of nitrogens with one attached hydrogen (secondary N) is 1. The van der Waals surface area contributed by atoms with Gasteiger partial charge in [0.05, 0.1) is 4.90 Å². The predicted molar refractivity (Wildman–Crippen MR) is 119 cm³/mol. The third-order valence-electron chi connectivity index (χ3n) is 5.18. The van der Waals surface area contributed by atoms with E-state index in [1.807, 2.05) is 23.1 Å². The number of sulfonamides is 1. The third-order valence-corrected chi connectivity index (χ3v) is 6.68. The summed E-state index contributed by atoms with van der Waals surface area (Å²) >= 11 is 0. The number of anilines is 2. The monoisotopic (exact) mass is 437 g/mol. The Morgan fingerprint density at radius 1 is 0.903 bits per heavy atom. The van der Waals surface area contributed by atoms with E-state index in [1.54, 1.807) is 48.2 Å². The minimum Gasteiger partial charge on any atom is -0.350 e. The van der Waals surface area contributed by atoms with E-state index >= 15 is 0 Å². The molecule has 1 aliphatic heterocycles. The smallest absolute Gasteiger partial charge is 0.263 e. The van der Waals surface area contributed by atoms with Crippen molar-refractivity contribution in [3.63, 3.8) is 0 Å². The molecule has 160 valence electrons. The molecule has 1 fully saturated rings. The second-order valence-electron chi connectivity index (χ2n) is 7.24. The van der Waals surface area contributed by atoms with Gasteiger partial charge in [0.2, 0.25) is 0 Å². The van der Waals surface area contributed by atoms with E-state index in [0.717, 1.165) is 0 Å². The first-order valence-corrected chi connectivity index (χ1v) is 11.4. The van der Waals surface area contributed by atoms with Gasteiger partial charge in [0.25, 0.3) is 15.9 Å². The molecule has 1 aromatic heterocycles. The molecule has 2 aromatic carbocycles. The quantitative estimate of drug-likeness (QED) is 0.659. The van der Waals surface area contributed by atoms with Crippen molar-refractivity contribution in [1.82, 2.24) is 14.9 Å². The molecule has 8 nitrogen and oxygen atoms in total. The normalized spacial score (nSPS) is 14.4. The highest BCUT2D eigenvalue weighted by Crippen LogP contribution is 2.25. The van der Waals surface area contributed by atoms with Crippen LogP contribution in [0.1, 0.15) is 15.9 Å². The van der Waals surface area contributed by atoms with E-state index in [-0.39, 0.29) is 16.6 Å². The summed E-state index contributed by atoms with van der Waals surface area (Å²) in [6.45, 7) is 3.81. The van der Waals surface area contributed by atoms with Crippen molar-refractivity contribution in [3.05, 3.63) is 78.1 Å². The number of aromatic nitrogens is 2. The maximum absolute atomic E-state index is 12.9. The number of amides is 1. The van der Waals surface area contributed by atoms with Gasteiger partial charge in [0.1, 0.15) is 0 Å². The Hall–Kier alpha value is -3.46. The van der Waals surface area contributed by atoms with Gasteiger partial charge >= 0.3 is 0 Å². The summed E-state index contributed by atoms with van der Waals surface area (Å²) < 4.78 is 28.4. The minimum atomic E-state index is -3.81. The van der Waals surface area contributed by atoms with Gasteiger partial charge < -0.3 is 9.80 Å². The van der Waals surface area contributed by atoms with E-state index in [0.29, 0.717) is 43.1 Å². The highest BCUT2D eigenvalue weighted by atomic mass is 32.2. The predicted octanol–water partition coefficient (Wildman–Crippen LogP) is 2.55. The summed E-state index contributed by atoms with van der Waals surface area (Å²) in [5.41, 5.74) is 1.30. The first-order valence-electron chi connectivity index (χ1n) is 9.94. The number of nitrogens with zero attached hydrogens (tertiary/aromatic N) is 4. The molecule has 3 aromatic rings. The fraction of sp³-hybridized carbons (Fsp3) is 0.227. The summed E-state index contributed by atoms with van der Waals surface area (Å²) in [4.78, 5) is 25.2. The Morgan fingerprint density at radius 3 is 2.26 bits per heavy atom. The van der Waals surface area contributed by atoms with Gasteiger partial charge in [-0.3, -0.25) is 9.52 Å². The summed E-state index contributed by atoms with van der Waals surface area (Å²) in [5.74, 6) is 0.611. The molecule has 0 aliphatic carbocycles. The number of hydrogen-bond acceptors (Lipinski definition) is 6. The highest BCUT2D eigenvalue weighted by molar-refractivity contribution is 7.92. The van der Waals surface area contributed by atoms with Crippen LogP contribution < -0.4 is 9.62 Å². The number of piperazine rings is 1. The van der Waals surface area contributed by atoms with Gasteiger partial charge in [-0.05, 0) is 30.7 Å². The first-order chi connectivity index (χ1) is 15.0. The van der Waals surface area contributed by atoms with Crippen molar-refractivity contribution in [3.8, 4) is 0 Å². The highest BCUT2D eigenvalue weighted by Gasteiger charge is 2.26. The zero-order valence-electron chi connectivity index (χ0n) is 17.1. The van der Waals surface area contributed by atoms with Gasteiger partial charge in [-0.1, -0.05) is 36.4 Å². The van der Waals surface area contributed by atoms with E-state index in [2.05, 4.69) is 14.7 Å². The zero-order chi connectivity index (χ0) is 21.8. The molecular weight excluding hydrogens is 414 g/mol. The molecular formula is C22H23N5O3S. The second-order valence-corrected chi connectivity index (χ2v) is 8.90. The van der Waals surface area contributed by atoms with Crippen LogP contribution in [0.15, 0.2) is 71.9 Å². The average molecular weight is 438 g/mol. The molecule has 0 atom stereocenters. The molecule has 1 N–H and O–H groups in total. The Balaban J connectivity index is 1.50. The summed E-state index contributed by atoms with van der Waals surface area (Å²) in [7, 11) is -3.81. The van der Waals surface area contributed by atoms with Crippen LogP contribution in [0, 0.1) is 6.92 Å². The molecule has 1 saturated heterocycles. The lowest BCUT2D eigenvalue weighted by molar-refractivity contribution is 0.0746. The minimum absolute atomic E-state index is 0.0140. The molecule has 31 heavy (non-hydrogen) atoms. The zero-order valence-corrected chi connectivity index (χ0v) is 17.9. The fourth-order valence-corrected chi connectivity index (χ4v) is 4.82. The number of hydrogen-bond donors (Lipinski definition) is 1. The maximum Gasteiger partial charge on any atom is 0.263 e. The standard InChI is InChI=1S/C22H23N5O3S/c1-17-7-5-6-10-19(17)31(29,30)25-20-21(24-12-11-23-20)26-13-15-27(16-14-26)22(28)18-8-3-2-4-9-18/h2-12H,13-16H2,1H3,(H,23,25). The van der Waals surface area contributed by atoms with E-state index < -0.39 is 10.0 Å². The maximum atomic E-state index is 12.9. The lowest BCUT2D eigenvalue weighted by Gasteiger charge is -2.35. The van der Waals surface area contributed by atoms with Crippen LogP contribution in [0.3, 0.4) is 0 Å². The number of aryl methyl sites for hydroxylation is 1. The lowest BCUT2D eigenvalue weighted by atomic mass is 10.2. The molecule has 0 saturated carbocycles. The van der Waals surface area contributed by atoms with Crippen LogP contribution in [-0.2, 0) is 10.0 Å². The molecule has 0 radical (unpaired) electrons. The summed E-state index contributed by atoms with van der Waals surface area (Å²) in [6, 6.07) is 15.9. The summed E-state index contributed by atoms with van der Waals surface area (Å²) in [5, 5.41) is 0. The van der Waals surface area contributed by atoms with Gasteiger partial charge in [-0.15, -0.1) is 0 Å². The molecule has 0 spiro atoms. The lowest BCUT2D eigenvalue weighted by Crippen LogP contribution is -2.49. The van der Waals surface area contributed by atoms with Crippen LogP contribution in [-0.4, -0.2) is 55.4 Å². The van der Waals surface area contributed by atoms with Crippen LogP contribution in [0.2, 0.25) is 0 Å². The number of carbonyl (C=O) groups is 1. The second kappa shape index (κ2) is 8.73. The molecule has 9 heteroatoms. The Kier molecular flexibility index (Phi) is 5.85. The third kappa shape index (κ3) is 4.51. The number of carbonyl (C=O) groups excluding carboxylic acids is 1. The fourth-order valence-electron chi connectivity index (χ4n) is 3.56. The van der Waals surface area contributed by atoms with Crippen LogP contribution in [0.25, 0.3) is 0 Å². The van der Waals surface area contributed by atoms with Crippen molar-refractivity contribution >= 4 is 27.6 Å². The molecule has 2 heterocycles. The Morgan fingerprint density at radius 2 is 1.55 bits per heavy atom. The van der Waals surface area contributed by atoms with Crippen molar-refractivity contribution in [2.24, 2.45) is 0 Å². The van der Waals surface area contributed by atoms with E-state index in [1.165, 1.54) is 12.4 Å². The van der Waals surface area contributed by atoms with Crippen molar-refractivity contribution in [2.45, 2.75) is 11.8 Å². The summed E-state index contributed by atoms with van der Waals surface area (Å²) in [6.07, 6.45) is 2.98. The van der Waals surface area contributed by atoms with Gasteiger partial charge in [-0.2, -0.15) is 0 Å². The molecule has 1 aliphatic rings. The molecule has 0 bridgehead atoms. The average Bonchev–Trinajstić information content (AvgIpc) is 2.80. The van der Waals surface area contributed by atoms with Gasteiger partial charge in [0.15, 0.2) is 11.6 Å². The van der Waals surface area contributed by atoms with Crippen LogP contribution in [0.5, 0.6) is 0 Å². The van der Waals surface area contributed by atoms with E-state index in [4.69, 9.17) is 0 Å². The van der Waals surface area contributed by atoms with Crippen LogP contribution >= 0.6 is 0 Å². The SMILES string of the molecule is Cc1ccccc1S(=O)(=O)Nc1nccnc1N1CCN(C(=O)c2ccccc2)CC1. The molecule has 4 rings (SSSR count). The van der Waals surface area contributed by atoms with Crippen molar-refractivity contribution < 1.29 is 13.2 Å². The van der Waals surface area contributed by atoms with E-state index in [9.17, 15) is 13.2 Å². The number of rotatable bonds is 5. The topological polar surface area (TPSA) is 95.5 Å².